The number of carbonyl (C=O) groups is 1. The number of aromatic nitrogens is 2. The molecular weight excluding hydrogens is 499 g/mol. The molecule has 0 saturated carbocycles. The van der Waals surface area contributed by atoms with Crippen molar-refractivity contribution < 1.29 is 23.1 Å². The van der Waals surface area contributed by atoms with Gasteiger partial charge in [-0.15, -0.1) is 0 Å². The lowest BCUT2D eigenvalue weighted by Crippen LogP contribution is -2.05. The van der Waals surface area contributed by atoms with Gasteiger partial charge in [-0.05, 0) is 60.7 Å². The number of benzene rings is 3. The minimum absolute atomic E-state index is 0.149. The maximum atomic E-state index is 12.9. The number of alkyl halides is 3. The van der Waals surface area contributed by atoms with Crippen LogP contribution in [0.5, 0.6) is 0 Å². The molecule has 0 aliphatic carbocycles. The van der Waals surface area contributed by atoms with Gasteiger partial charge >= 0.3 is 12.1 Å². The van der Waals surface area contributed by atoms with Crippen LogP contribution in [0.4, 0.5) is 18.9 Å². The molecule has 0 radical (unpaired) electrons. The monoisotopic (exact) mass is 515 g/mol. The smallest absolute Gasteiger partial charge is 0.416 e. The predicted octanol–water partition coefficient (Wildman–Crippen LogP) is 6.63. The topological polar surface area (TPSA) is 67.1 Å². The van der Waals surface area contributed by atoms with E-state index in [1.807, 2.05) is 24.3 Å². The number of nitrogens with one attached hydrogen (secondary N) is 1. The molecule has 1 aromatic heterocycles. The van der Waals surface area contributed by atoms with Crippen LogP contribution in [0.25, 0.3) is 16.9 Å². The van der Waals surface area contributed by atoms with E-state index in [4.69, 9.17) is 5.11 Å². The lowest BCUT2D eigenvalue weighted by Gasteiger charge is -2.07. The fourth-order valence-corrected chi connectivity index (χ4v) is 3.52. The molecule has 0 spiro atoms. The summed E-state index contributed by atoms with van der Waals surface area (Å²) in [5, 5.41) is 17.0. The molecular formula is C24H17BrF3N3O2. The van der Waals surface area contributed by atoms with E-state index in [-0.39, 0.29) is 5.56 Å². The SMILES string of the molecule is O=C(O)c1ccc(-c2nn(-c3ccc(C(F)(F)F)cc3)cc2CNc2ccc(Br)cc2)cc1. The maximum absolute atomic E-state index is 12.9. The Kier molecular flexibility index (Phi) is 6.24. The summed E-state index contributed by atoms with van der Waals surface area (Å²) >= 11 is 3.39. The van der Waals surface area contributed by atoms with E-state index in [0.717, 1.165) is 27.9 Å². The van der Waals surface area contributed by atoms with E-state index >= 15 is 0 Å². The number of carboxylic acid groups (broad SMARTS) is 1. The summed E-state index contributed by atoms with van der Waals surface area (Å²) in [6, 6.07) is 18.7. The Hall–Kier alpha value is -3.59. The number of aromatic carboxylic acids is 1. The molecule has 9 heteroatoms. The summed E-state index contributed by atoms with van der Waals surface area (Å²) < 4.78 is 41.2. The molecule has 2 N–H and O–H groups in total. The van der Waals surface area contributed by atoms with E-state index in [1.54, 1.807) is 18.3 Å². The van der Waals surface area contributed by atoms with Crippen molar-refractivity contribution in [1.82, 2.24) is 9.78 Å². The average molecular weight is 516 g/mol. The summed E-state index contributed by atoms with van der Waals surface area (Å²) in [5.74, 6) is -1.03. The number of halogens is 4. The van der Waals surface area contributed by atoms with Crippen LogP contribution in [0.15, 0.2) is 83.5 Å². The summed E-state index contributed by atoms with van der Waals surface area (Å²) in [4.78, 5) is 11.2. The number of hydrogen-bond acceptors (Lipinski definition) is 3. The van der Waals surface area contributed by atoms with Gasteiger partial charge in [0.25, 0.3) is 0 Å². The summed E-state index contributed by atoms with van der Waals surface area (Å²) in [7, 11) is 0. The summed E-state index contributed by atoms with van der Waals surface area (Å²) in [5.41, 5.74) is 2.85. The molecule has 33 heavy (non-hydrogen) atoms. The number of anilines is 1. The van der Waals surface area contributed by atoms with Crippen LogP contribution < -0.4 is 5.32 Å². The van der Waals surface area contributed by atoms with E-state index in [9.17, 15) is 18.0 Å². The molecule has 1 heterocycles. The number of nitrogens with zero attached hydrogens (tertiary/aromatic N) is 2. The second kappa shape index (κ2) is 9.11. The van der Waals surface area contributed by atoms with Crippen LogP contribution in [-0.2, 0) is 12.7 Å². The summed E-state index contributed by atoms with van der Waals surface area (Å²) in [6.07, 6.45) is -2.67. The maximum Gasteiger partial charge on any atom is 0.416 e. The van der Waals surface area contributed by atoms with Crippen molar-refractivity contribution in [3.63, 3.8) is 0 Å². The Labute approximate surface area is 195 Å². The van der Waals surface area contributed by atoms with Gasteiger partial charge in [0.15, 0.2) is 0 Å². The predicted molar refractivity (Wildman–Crippen MR) is 122 cm³/mol. The fourth-order valence-electron chi connectivity index (χ4n) is 3.25. The van der Waals surface area contributed by atoms with Crippen LogP contribution in [-0.4, -0.2) is 20.9 Å². The highest BCUT2D eigenvalue weighted by Crippen LogP contribution is 2.30. The van der Waals surface area contributed by atoms with Gasteiger partial charge in [0, 0.05) is 34.0 Å². The standard InChI is InChI=1S/C24H17BrF3N3O2/c25-19-7-9-20(10-8-19)29-13-17-14-31(21-11-5-18(6-12-21)24(26,27)28)30-22(17)15-1-3-16(4-2-15)23(32)33/h1-12,14,29H,13H2,(H,32,33). The highest BCUT2D eigenvalue weighted by Gasteiger charge is 2.30. The first-order chi connectivity index (χ1) is 15.7. The van der Waals surface area contributed by atoms with Crippen LogP contribution >= 0.6 is 15.9 Å². The van der Waals surface area contributed by atoms with Crippen LogP contribution in [0.3, 0.4) is 0 Å². The van der Waals surface area contributed by atoms with Crippen LogP contribution in [0, 0.1) is 0 Å². The highest BCUT2D eigenvalue weighted by molar-refractivity contribution is 9.10. The molecule has 0 bridgehead atoms. The van der Waals surface area contributed by atoms with Crippen molar-refractivity contribution in [3.8, 4) is 16.9 Å². The highest BCUT2D eigenvalue weighted by atomic mass is 79.9. The van der Waals surface area contributed by atoms with E-state index in [2.05, 4.69) is 26.3 Å². The van der Waals surface area contributed by atoms with Gasteiger partial charge in [-0.1, -0.05) is 28.1 Å². The van der Waals surface area contributed by atoms with Crippen molar-refractivity contribution in [2.45, 2.75) is 12.7 Å². The largest absolute Gasteiger partial charge is 0.478 e. The van der Waals surface area contributed by atoms with Crippen molar-refractivity contribution in [2.75, 3.05) is 5.32 Å². The Morgan fingerprint density at radius 2 is 1.61 bits per heavy atom. The quantitative estimate of drug-likeness (QED) is 0.302. The molecule has 3 aromatic carbocycles. The van der Waals surface area contributed by atoms with Crippen molar-refractivity contribution >= 4 is 27.6 Å². The van der Waals surface area contributed by atoms with E-state index < -0.39 is 17.7 Å². The Morgan fingerprint density at radius 1 is 0.970 bits per heavy atom. The Bertz CT molecular complexity index is 1270. The molecule has 4 rings (SSSR count). The molecule has 0 unspecified atom stereocenters. The molecule has 5 nitrogen and oxygen atoms in total. The second-order valence-electron chi connectivity index (χ2n) is 7.24. The molecule has 0 saturated heterocycles. The minimum Gasteiger partial charge on any atom is -0.478 e. The zero-order valence-corrected chi connectivity index (χ0v) is 18.6. The Morgan fingerprint density at radius 3 is 2.18 bits per heavy atom. The zero-order chi connectivity index (χ0) is 23.6. The molecule has 4 aromatic rings. The number of hydrogen-bond donors (Lipinski definition) is 2. The van der Waals surface area contributed by atoms with Crippen LogP contribution in [0.1, 0.15) is 21.5 Å². The van der Waals surface area contributed by atoms with Gasteiger partial charge in [0.2, 0.25) is 0 Å². The lowest BCUT2D eigenvalue weighted by molar-refractivity contribution is -0.137. The van der Waals surface area contributed by atoms with Crippen molar-refractivity contribution in [2.24, 2.45) is 0 Å². The third kappa shape index (κ3) is 5.25. The normalized spacial score (nSPS) is 11.4. The fraction of sp³-hybridized carbons (Fsp3) is 0.0833. The van der Waals surface area contributed by atoms with Gasteiger partial charge in [-0.3, -0.25) is 0 Å². The first-order valence-corrected chi connectivity index (χ1v) is 10.6. The van der Waals surface area contributed by atoms with Crippen LogP contribution in [0.2, 0.25) is 0 Å². The first-order valence-electron chi connectivity index (χ1n) is 9.80. The second-order valence-corrected chi connectivity index (χ2v) is 8.15. The third-order valence-electron chi connectivity index (χ3n) is 4.98. The van der Waals surface area contributed by atoms with E-state index in [0.29, 0.717) is 23.5 Å². The summed E-state index contributed by atoms with van der Waals surface area (Å²) in [6.45, 7) is 0.401. The third-order valence-corrected chi connectivity index (χ3v) is 5.51. The molecule has 0 atom stereocenters. The van der Waals surface area contributed by atoms with Gasteiger partial charge in [-0.2, -0.15) is 18.3 Å². The molecule has 0 aliphatic heterocycles. The van der Waals surface area contributed by atoms with E-state index in [1.165, 1.54) is 28.9 Å². The van der Waals surface area contributed by atoms with Gasteiger partial charge < -0.3 is 10.4 Å². The number of rotatable bonds is 6. The van der Waals surface area contributed by atoms with Gasteiger partial charge in [0.05, 0.1) is 22.5 Å². The average Bonchev–Trinajstić information content (AvgIpc) is 3.22. The van der Waals surface area contributed by atoms with Crippen molar-refractivity contribution in [1.29, 1.82) is 0 Å². The van der Waals surface area contributed by atoms with Crippen molar-refractivity contribution in [3.05, 3.63) is 100 Å². The number of carboxylic acids is 1. The molecule has 0 amide bonds. The first kappa shape index (κ1) is 22.6. The lowest BCUT2D eigenvalue weighted by atomic mass is 10.1. The molecule has 0 aliphatic rings. The van der Waals surface area contributed by atoms with Gasteiger partial charge in [-0.25, -0.2) is 9.48 Å². The minimum atomic E-state index is -4.42. The van der Waals surface area contributed by atoms with Gasteiger partial charge in [0.1, 0.15) is 0 Å². The Balaban J connectivity index is 1.69. The zero-order valence-electron chi connectivity index (χ0n) is 17.0. The molecule has 168 valence electrons. The molecule has 0 fully saturated rings.